The molecule has 0 fully saturated rings. The standard InChI is InChI=1S/C17H15IO6/c1-23-11-5-3-9(4-6-11)16(21)14-12(15(18)17(22)24-2)7-10(19)8-13(14)20/h3-8,15,19-20H,1-2H3. The number of aromatic hydroxyl groups is 2. The van der Waals surface area contributed by atoms with Crippen LogP contribution in [-0.4, -0.2) is 36.2 Å². The van der Waals surface area contributed by atoms with Gasteiger partial charge in [0.25, 0.3) is 0 Å². The number of ketones is 1. The highest BCUT2D eigenvalue weighted by Gasteiger charge is 2.27. The number of carbonyl (C=O) groups is 2. The zero-order valence-electron chi connectivity index (χ0n) is 12.9. The molecule has 0 amide bonds. The van der Waals surface area contributed by atoms with Gasteiger partial charge in [0.05, 0.1) is 19.8 Å². The van der Waals surface area contributed by atoms with Gasteiger partial charge in [-0.2, -0.15) is 0 Å². The van der Waals surface area contributed by atoms with Crippen LogP contribution in [0, 0.1) is 0 Å². The summed E-state index contributed by atoms with van der Waals surface area (Å²) in [6.45, 7) is 0. The van der Waals surface area contributed by atoms with Crippen molar-refractivity contribution in [1.82, 2.24) is 0 Å². The Hall–Kier alpha value is -2.29. The van der Waals surface area contributed by atoms with Crippen molar-refractivity contribution in [1.29, 1.82) is 0 Å². The zero-order chi connectivity index (χ0) is 17.9. The number of methoxy groups -OCH3 is 2. The van der Waals surface area contributed by atoms with Crippen LogP contribution in [0.1, 0.15) is 25.4 Å². The van der Waals surface area contributed by atoms with E-state index < -0.39 is 21.4 Å². The first-order valence-electron chi connectivity index (χ1n) is 6.85. The number of phenols is 2. The number of rotatable bonds is 5. The molecule has 0 saturated heterocycles. The first kappa shape index (κ1) is 18.1. The van der Waals surface area contributed by atoms with E-state index in [1.165, 1.54) is 20.3 Å². The SMILES string of the molecule is COC(=O)C(I)c1cc(O)cc(O)c1C(=O)c1ccc(OC)cc1. The molecule has 126 valence electrons. The van der Waals surface area contributed by atoms with Crippen LogP contribution < -0.4 is 4.74 Å². The Labute approximate surface area is 152 Å². The van der Waals surface area contributed by atoms with E-state index in [0.29, 0.717) is 11.3 Å². The summed E-state index contributed by atoms with van der Waals surface area (Å²) in [5, 5.41) is 19.8. The van der Waals surface area contributed by atoms with Gasteiger partial charge in [0.2, 0.25) is 0 Å². The number of alkyl halides is 1. The van der Waals surface area contributed by atoms with Crippen LogP contribution in [0.5, 0.6) is 17.2 Å². The average Bonchev–Trinajstić information content (AvgIpc) is 2.59. The molecule has 1 unspecified atom stereocenters. The Morgan fingerprint density at radius 2 is 1.71 bits per heavy atom. The molecular weight excluding hydrogens is 427 g/mol. The van der Waals surface area contributed by atoms with E-state index in [2.05, 4.69) is 4.74 Å². The van der Waals surface area contributed by atoms with Crippen molar-refractivity contribution in [2.24, 2.45) is 0 Å². The molecule has 0 aliphatic rings. The van der Waals surface area contributed by atoms with Crippen molar-refractivity contribution >= 4 is 34.3 Å². The second kappa shape index (κ2) is 7.52. The van der Waals surface area contributed by atoms with Crippen LogP contribution in [0.25, 0.3) is 0 Å². The Balaban J connectivity index is 2.55. The van der Waals surface area contributed by atoms with E-state index in [4.69, 9.17) is 4.74 Å². The lowest BCUT2D eigenvalue weighted by atomic mass is 9.95. The van der Waals surface area contributed by atoms with Crippen molar-refractivity contribution in [3.63, 3.8) is 0 Å². The topological polar surface area (TPSA) is 93.1 Å². The largest absolute Gasteiger partial charge is 0.508 e. The Kier molecular flexibility index (Phi) is 5.66. The maximum atomic E-state index is 12.8. The van der Waals surface area contributed by atoms with Gasteiger partial charge in [0.15, 0.2) is 5.78 Å². The van der Waals surface area contributed by atoms with Crippen molar-refractivity contribution in [3.8, 4) is 17.2 Å². The second-order valence-electron chi connectivity index (χ2n) is 4.87. The van der Waals surface area contributed by atoms with Crippen molar-refractivity contribution in [2.75, 3.05) is 14.2 Å². The van der Waals surface area contributed by atoms with E-state index in [-0.39, 0.29) is 16.9 Å². The van der Waals surface area contributed by atoms with Crippen LogP contribution in [0.2, 0.25) is 0 Å². The second-order valence-corrected chi connectivity index (χ2v) is 6.12. The smallest absolute Gasteiger partial charge is 0.323 e. The van der Waals surface area contributed by atoms with Crippen molar-refractivity contribution in [2.45, 2.75) is 3.92 Å². The average molecular weight is 442 g/mol. The van der Waals surface area contributed by atoms with Gasteiger partial charge in [-0.25, -0.2) is 0 Å². The predicted octanol–water partition coefficient (Wildman–Crippen LogP) is 2.99. The molecule has 2 N–H and O–H groups in total. The minimum Gasteiger partial charge on any atom is -0.508 e. The van der Waals surface area contributed by atoms with E-state index >= 15 is 0 Å². The molecular formula is C17H15IO6. The molecule has 6 nitrogen and oxygen atoms in total. The van der Waals surface area contributed by atoms with Gasteiger partial charge in [0, 0.05) is 11.6 Å². The number of carbonyl (C=O) groups excluding carboxylic acids is 2. The third kappa shape index (κ3) is 3.61. The summed E-state index contributed by atoms with van der Waals surface area (Å²) in [4.78, 5) is 24.6. The summed E-state index contributed by atoms with van der Waals surface area (Å²) >= 11 is 1.79. The van der Waals surface area contributed by atoms with E-state index in [1.807, 2.05) is 0 Å². The molecule has 7 heteroatoms. The molecule has 2 aromatic carbocycles. The zero-order valence-corrected chi connectivity index (χ0v) is 15.1. The fraction of sp³-hybridized carbons (Fsp3) is 0.176. The molecule has 0 radical (unpaired) electrons. The number of hydrogen-bond acceptors (Lipinski definition) is 6. The molecule has 0 aromatic heterocycles. The summed E-state index contributed by atoms with van der Waals surface area (Å²) in [5.74, 6) is -1.14. The summed E-state index contributed by atoms with van der Waals surface area (Å²) in [6.07, 6.45) is 0. The number of phenolic OH excluding ortho intramolecular Hbond substituents is 2. The lowest BCUT2D eigenvalue weighted by Crippen LogP contribution is -2.13. The number of halogens is 1. The molecule has 24 heavy (non-hydrogen) atoms. The molecule has 0 spiro atoms. The third-order valence-electron chi connectivity index (χ3n) is 3.39. The lowest BCUT2D eigenvalue weighted by Gasteiger charge is -2.15. The highest BCUT2D eigenvalue weighted by atomic mass is 127. The maximum absolute atomic E-state index is 12.8. The van der Waals surface area contributed by atoms with Gasteiger partial charge in [-0.05, 0) is 35.9 Å². The fourth-order valence-corrected chi connectivity index (χ4v) is 2.94. The summed E-state index contributed by atoms with van der Waals surface area (Å²) < 4.78 is 8.87. The van der Waals surface area contributed by atoms with Crippen LogP contribution in [0.3, 0.4) is 0 Å². The number of benzene rings is 2. The predicted molar refractivity (Wildman–Crippen MR) is 95.0 cm³/mol. The van der Waals surface area contributed by atoms with Crippen LogP contribution >= 0.6 is 22.6 Å². The van der Waals surface area contributed by atoms with Gasteiger partial charge in [-0.3, -0.25) is 9.59 Å². The van der Waals surface area contributed by atoms with E-state index in [0.717, 1.165) is 6.07 Å². The first-order chi connectivity index (χ1) is 11.4. The summed E-state index contributed by atoms with van der Waals surface area (Å²) in [7, 11) is 2.74. The molecule has 2 aromatic rings. The number of hydrogen-bond donors (Lipinski definition) is 2. The minimum atomic E-state index is -0.859. The first-order valence-corrected chi connectivity index (χ1v) is 8.10. The molecule has 1 atom stereocenters. The number of ether oxygens (including phenoxy) is 2. The lowest BCUT2D eigenvalue weighted by molar-refractivity contribution is -0.139. The van der Waals surface area contributed by atoms with Gasteiger partial charge >= 0.3 is 5.97 Å². The normalized spacial score (nSPS) is 11.6. The molecule has 0 bridgehead atoms. The number of esters is 1. The molecule has 0 aliphatic heterocycles. The monoisotopic (exact) mass is 442 g/mol. The van der Waals surface area contributed by atoms with Crippen LogP contribution in [0.15, 0.2) is 36.4 Å². The summed E-state index contributed by atoms with van der Waals surface area (Å²) in [6, 6.07) is 8.67. The highest BCUT2D eigenvalue weighted by Crippen LogP contribution is 2.37. The maximum Gasteiger partial charge on any atom is 0.323 e. The van der Waals surface area contributed by atoms with Gasteiger partial charge in [0.1, 0.15) is 21.2 Å². The molecule has 0 aliphatic carbocycles. The third-order valence-corrected chi connectivity index (χ3v) is 4.57. The van der Waals surface area contributed by atoms with Gasteiger partial charge in [-0.1, -0.05) is 22.6 Å². The Morgan fingerprint density at radius 1 is 1.08 bits per heavy atom. The van der Waals surface area contributed by atoms with Crippen molar-refractivity contribution < 1.29 is 29.3 Å². The molecule has 0 saturated carbocycles. The van der Waals surface area contributed by atoms with Crippen molar-refractivity contribution in [3.05, 3.63) is 53.1 Å². The molecule has 0 heterocycles. The quantitative estimate of drug-likeness (QED) is 0.320. The summed E-state index contributed by atoms with van der Waals surface area (Å²) in [5.41, 5.74) is 0.440. The van der Waals surface area contributed by atoms with E-state index in [9.17, 15) is 19.8 Å². The minimum absolute atomic E-state index is 0.0530. The molecule has 2 rings (SSSR count). The Morgan fingerprint density at radius 3 is 2.25 bits per heavy atom. The van der Waals surface area contributed by atoms with Crippen LogP contribution in [-0.2, 0) is 9.53 Å². The highest BCUT2D eigenvalue weighted by molar-refractivity contribution is 14.1. The van der Waals surface area contributed by atoms with Gasteiger partial charge in [-0.15, -0.1) is 0 Å². The fourth-order valence-electron chi connectivity index (χ4n) is 2.20. The Bertz CT molecular complexity index is 769. The van der Waals surface area contributed by atoms with Gasteiger partial charge < -0.3 is 19.7 Å². The van der Waals surface area contributed by atoms with E-state index in [1.54, 1.807) is 46.9 Å². The van der Waals surface area contributed by atoms with Crippen LogP contribution in [0.4, 0.5) is 0 Å².